The summed E-state index contributed by atoms with van der Waals surface area (Å²) in [6, 6.07) is 0. The van der Waals surface area contributed by atoms with Crippen molar-refractivity contribution in [3.8, 4) is 0 Å². The summed E-state index contributed by atoms with van der Waals surface area (Å²) in [5.41, 5.74) is 2.89. The molecule has 1 aliphatic carbocycles. The lowest BCUT2D eigenvalue weighted by molar-refractivity contribution is -0.161. The molecule has 1 fully saturated rings. The number of hydrogen-bond donors (Lipinski definition) is 0. The third kappa shape index (κ3) is 5.10. The number of ether oxygens (including phenoxy) is 1. The Kier molecular flexibility index (Phi) is 5.25. The Bertz CT molecular complexity index is 452. The van der Waals surface area contributed by atoms with Gasteiger partial charge in [-0.1, -0.05) is 44.8 Å². The summed E-state index contributed by atoms with van der Waals surface area (Å²) in [6.45, 7) is 16.4. The maximum absolute atomic E-state index is 12.5. The lowest BCUT2D eigenvalue weighted by atomic mass is 9.72. The van der Waals surface area contributed by atoms with Crippen LogP contribution in [0.15, 0.2) is 11.3 Å². The number of esters is 1. The summed E-state index contributed by atoms with van der Waals surface area (Å²) < 4.78 is 5.54. The van der Waals surface area contributed by atoms with Crippen molar-refractivity contribution in [2.24, 2.45) is 17.8 Å². The first-order chi connectivity index (χ1) is 9.32. The standard InChI is InChI=1S/C17H30O3Si/c1-11-12(2)15(18)9-13(14(11)10-21(6,7)8)16(19)20-17(3,4)5/h10-13H,9H2,1-8H3/b14-10+/t11-,12-,13-/m1/s1. The number of carbonyl (C=O) groups excluding carboxylic acids is 2. The highest BCUT2D eigenvalue weighted by Gasteiger charge is 2.41. The molecule has 1 rings (SSSR count). The highest BCUT2D eigenvalue weighted by molar-refractivity contribution is 6.81. The van der Waals surface area contributed by atoms with Gasteiger partial charge in [0.25, 0.3) is 0 Å². The van der Waals surface area contributed by atoms with Gasteiger partial charge in [0.2, 0.25) is 0 Å². The maximum Gasteiger partial charge on any atom is 0.314 e. The van der Waals surface area contributed by atoms with Gasteiger partial charge in [-0.15, -0.1) is 0 Å². The van der Waals surface area contributed by atoms with Crippen LogP contribution in [-0.4, -0.2) is 25.4 Å². The molecular weight excluding hydrogens is 280 g/mol. The fraction of sp³-hybridized carbons (Fsp3) is 0.765. The van der Waals surface area contributed by atoms with E-state index in [0.29, 0.717) is 0 Å². The smallest absolute Gasteiger partial charge is 0.314 e. The largest absolute Gasteiger partial charge is 0.459 e. The molecule has 0 saturated heterocycles. The summed E-state index contributed by atoms with van der Waals surface area (Å²) >= 11 is 0. The first-order valence-corrected chi connectivity index (χ1v) is 11.4. The van der Waals surface area contributed by atoms with Crippen LogP contribution in [0.4, 0.5) is 0 Å². The van der Waals surface area contributed by atoms with Crippen LogP contribution in [0.25, 0.3) is 0 Å². The monoisotopic (exact) mass is 310 g/mol. The number of rotatable bonds is 2. The summed E-state index contributed by atoms with van der Waals surface area (Å²) in [6.07, 6.45) is 0.288. The van der Waals surface area contributed by atoms with Crippen molar-refractivity contribution in [2.75, 3.05) is 0 Å². The van der Waals surface area contributed by atoms with Crippen molar-refractivity contribution in [3.05, 3.63) is 11.3 Å². The van der Waals surface area contributed by atoms with Crippen molar-refractivity contribution < 1.29 is 14.3 Å². The Morgan fingerprint density at radius 3 is 2.14 bits per heavy atom. The van der Waals surface area contributed by atoms with E-state index in [1.54, 1.807) is 0 Å². The minimum Gasteiger partial charge on any atom is -0.459 e. The molecule has 3 nitrogen and oxygen atoms in total. The lowest BCUT2D eigenvalue weighted by Crippen LogP contribution is -2.40. The van der Waals surface area contributed by atoms with Crippen molar-refractivity contribution in [2.45, 2.75) is 66.3 Å². The van der Waals surface area contributed by atoms with Gasteiger partial charge in [0, 0.05) is 12.3 Å². The fourth-order valence-electron chi connectivity index (χ4n) is 2.71. The molecule has 0 bridgehead atoms. The second-order valence-electron chi connectivity index (χ2n) is 8.34. The van der Waals surface area contributed by atoms with Gasteiger partial charge < -0.3 is 4.74 Å². The summed E-state index contributed by atoms with van der Waals surface area (Å²) in [5, 5.41) is 0. The zero-order valence-corrected chi connectivity index (χ0v) is 15.7. The molecule has 0 spiro atoms. The molecule has 3 atom stereocenters. The molecule has 1 saturated carbocycles. The van der Waals surface area contributed by atoms with Gasteiger partial charge in [0.15, 0.2) is 0 Å². The minimum atomic E-state index is -1.47. The van der Waals surface area contributed by atoms with E-state index in [-0.39, 0.29) is 30.0 Å². The molecule has 0 heterocycles. The fourth-order valence-corrected chi connectivity index (χ4v) is 4.18. The van der Waals surface area contributed by atoms with E-state index in [0.717, 1.165) is 5.57 Å². The topological polar surface area (TPSA) is 43.4 Å². The number of hydrogen-bond acceptors (Lipinski definition) is 3. The van der Waals surface area contributed by atoms with Gasteiger partial charge in [-0.05, 0) is 26.7 Å². The third-order valence-electron chi connectivity index (χ3n) is 3.88. The summed E-state index contributed by atoms with van der Waals surface area (Å²) in [5.74, 6) is -0.360. The van der Waals surface area contributed by atoms with Crippen LogP contribution in [0.5, 0.6) is 0 Å². The molecule has 1 aliphatic rings. The van der Waals surface area contributed by atoms with Gasteiger partial charge in [-0.2, -0.15) is 0 Å². The molecule has 0 aromatic carbocycles. The molecule has 21 heavy (non-hydrogen) atoms. The highest BCUT2D eigenvalue weighted by atomic mass is 28.3. The quantitative estimate of drug-likeness (QED) is 0.572. The molecule has 0 aromatic heterocycles. The van der Waals surface area contributed by atoms with E-state index in [4.69, 9.17) is 4.74 Å². The molecule has 4 heteroatoms. The molecule has 120 valence electrons. The Hall–Kier alpha value is -0.903. The highest BCUT2D eigenvalue weighted by Crippen LogP contribution is 2.38. The molecule has 0 radical (unpaired) electrons. The maximum atomic E-state index is 12.5. The van der Waals surface area contributed by atoms with Crippen LogP contribution >= 0.6 is 0 Å². The molecule has 0 aromatic rings. The van der Waals surface area contributed by atoms with E-state index in [1.165, 1.54) is 0 Å². The zero-order valence-electron chi connectivity index (χ0n) is 14.7. The first kappa shape index (κ1) is 18.1. The van der Waals surface area contributed by atoms with E-state index in [1.807, 2.05) is 27.7 Å². The normalized spacial score (nSPS) is 29.6. The number of ketones is 1. The van der Waals surface area contributed by atoms with Crippen LogP contribution in [-0.2, 0) is 14.3 Å². The van der Waals surface area contributed by atoms with Gasteiger partial charge in [0.05, 0.1) is 14.0 Å². The van der Waals surface area contributed by atoms with Gasteiger partial charge in [-0.25, -0.2) is 0 Å². The van der Waals surface area contributed by atoms with Crippen LogP contribution in [0, 0.1) is 17.8 Å². The molecule has 0 N–H and O–H groups in total. The molecule has 0 unspecified atom stereocenters. The Labute approximate surface area is 130 Å². The number of Topliss-reactive ketones (excluding diaryl/α,β-unsaturated/α-hetero) is 1. The Morgan fingerprint density at radius 1 is 1.19 bits per heavy atom. The second kappa shape index (κ2) is 6.07. The number of carbonyl (C=O) groups is 2. The first-order valence-electron chi connectivity index (χ1n) is 7.80. The van der Waals surface area contributed by atoms with Crippen LogP contribution in [0.3, 0.4) is 0 Å². The third-order valence-corrected chi connectivity index (χ3v) is 5.08. The predicted molar refractivity (Wildman–Crippen MR) is 88.7 cm³/mol. The van der Waals surface area contributed by atoms with Gasteiger partial charge in [-0.3, -0.25) is 9.59 Å². The van der Waals surface area contributed by atoms with Crippen LogP contribution < -0.4 is 0 Å². The zero-order chi connectivity index (χ0) is 16.6. The van der Waals surface area contributed by atoms with Crippen molar-refractivity contribution >= 4 is 19.8 Å². The molecule has 0 aliphatic heterocycles. The Morgan fingerprint density at radius 2 is 1.71 bits per heavy atom. The average Bonchev–Trinajstić information content (AvgIpc) is 2.26. The van der Waals surface area contributed by atoms with Gasteiger partial charge in [0.1, 0.15) is 11.4 Å². The average molecular weight is 311 g/mol. The van der Waals surface area contributed by atoms with E-state index in [9.17, 15) is 9.59 Å². The van der Waals surface area contributed by atoms with Crippen LogP contribution in [0.1, 0.15) is 41.0 Å². The SMILES string of the molecule is C[C@H]1C(=O)C[C@@H](C(=O)OC(C)(C)C)/C(=C/[Si](C)(C)C)[C@@H]1C. The predicted octanol–water partition coefficient (Wildman–Crippen LogP) is 3.99. The van der Waals surface area contributed by atoms with E-state index < -0.39 is 19.6 Å². The second-order valence-corrected chi connectivity index (χ2v) is 13.4. The molecule has 0 amide bonds. The summed E-state index contributed by atoms with van der Waals surface area (Å²) in [7, 11) is -1.47. The lowest BCUT2D eigenvalue weighted by Gasteiger charge is -2.35. The molecular formula is C17H30O3Si. The summed E-state index contributed by atoms with van der Waals surface area (Å²) in [4.78, 5) is 24.7. The Balaban J connectivity index is 3.15. The van der Waals surface area contributed by atoms with Crippen molar-refractivity contribution in [1.82, 2.24) is 0 Å². The minimum absolute atomic E-state index is 0.00807. The van der Waals surface area contributed by atoms with Crippen LogP contribution in [0.2, 0.25) is 19.6 Å². The van der Waals surface area contributed by atoms with Crippen molar-refractivity contribution in [1.29, 1.82) is 0 Å². The van der Waals surface area contributed by atoms with Gasteiger partial charge >= 0.3 is 5.97 Å². The van der Waals surface area contributed by atoms with E-state index >= 15 is 0 Å². The van der Waals surface area contributed by atoms with Crippen molar-refractivity contribution in [3.63, 3.8) is 0 Å². The van der Waals surface area contributed by atoms with E-state index in [2.05, 4.69) is 32.3 Å².